The van der Waals surface area contributed by atoms with Gasteiger partial charge in [-0.15, -0.1) is 0 Å². The van der Waals surface area contributed by atoms with Crippen LogP contribution in [0, 0.1) is 6.92 Å². The number of ether oxygens (including phenoxy) is 1. The van der Waals surface area contributed by atoms with Gasteiger partial charge in [0.2, 0.25) is 0 Å². The van der Waals surface area contributed by atoms with Crippen LogP contribution in [-0.2, 0) is 6.18 Å². The SMILES string of the molecule is COc1ccc(-n2c(C)nc3cnc4ccc(-c5ccc(C(F)(F)F)cc5)cc4c32)cc1. The summed E-state index contributed by atoms with van der Waals surface area (Å²) in [4.78, 5) is 9.19. The van der Waals surface area contributed by atoms with Crippen molar-refractivity contribution in [2.45, 2.75) is 13.1 Å². The molecule has 0 radical (unpaired) electrons. The zero-order valence-electron chi connectivity index (χ0n) is 17.3. The van der Waals surface area contributed by atoms with Crippen molar-refractivity contribution in [2.24, 2.45) is 0 Å². The van der Waals surface area contributed by atoms with Crippen molar-refractivity contribution in [2.75, 3.05) is 7.11 Å². The maximum Gasteiger partial charge on any atom is 0.416 e. The van der Waals surface area contributed by atoms with Crippen molar-refractivity contribution >= 4 is 21.9 Å². The molecule has 5 aromatic rings. The van der Waals surface area contributed by atoms with Crippen molar-refractivity contribution in [3.63, 3.8) is 0 Å². The smallest absolute Gasteiger partial charge is 0.416 e. The fraction of sp³-hybridized carbons (Fsp3) is 0.120. The van der Waals surface area contributed by atoms with E-state index >= 15 is 0 Å². The summed E-state index contributed by atoms with van der Waals surface area (Å²) in [6.07, 6.45) is -2.62. The number of methoxy groups -OCH3 is 1. The van der Waals surface area contributed by atoms with Gasteiger partial charge >= 0.3 is 6.18 Å². The molecule has 0 unspecified atom stereocenters. The number of imidazole rings is 1. The lowest BCUT2D eigenvalue weighted by Gasteiger charge is -2.11. The van der Waals surface area contributed by atoms with Crippen LogP contribution in [0.5, 0.6) is 5.75 Å². The van der Waals surface area contributed by atoms with Crippen molar-refractivity contribution < 1.29 is 17.9 Å². The second-order valence-electron chi connectivity index (χ2n) is 7.49. The van der Waals surface area contributed by atoms with E-state index in [4.69, 9.17) is 4.74 Å². The molecule has 0 aliphatic rings. The van der Waals surface area contributed by atoms with E-state index in [1.54, 1.807) is 13.3 Å². The first-order valence-corrected chi connectivity index (χ1v) is 9.95. The number of rotatable bonds is 3. The maximum absolute atomic E-state index is 12.9. The Morgan fingerprint density at radius 1 is 0.844 bits per heavy atom. The molecule has 0 saturated carbocycles. The van der Waals surface area contributed by atoms with Crippen LogP contribution in [0.3, 0.4) is 0 Å². The third kappa shape index (κ3) is 3.36. The fourth-order valence-corrected chi connectivity index (χ4v) is 3.95. The molecule has 0 saturated heterocycles. The first-order valence-electron chi connectivity index (χ1n) is 9.95. The number of aryl methyl sites for hydroxylation is 1. The average Bonchev–Trinajstić information content (AvgIpc) is 3.14. The molecule has 2 heterocycles. The summed E-state index contributed by atoms with van der Waals surface area (Å²) in [6, 6.07) is 18.6. The third-order valence-electron chi connectivity index (χ3n) is 5.53. The summed E-state index contributed by atoms with van der Waals surface area (Å²) in [5.74, 6) is 1.56. The van der Waals surface area contributed by atoms with Gasteiger partial charge in [-0.2, -0.15) is 13.2 Å². The molecule has 160 valence electrons. The van der Waals surface area contributed by atoms with E-state index in [1.165, 1.54) is 12.1 Å². The summed E-state index contributed by atoms with van der Waals surface area (Å²) < 4.78 is 46.1. The molecule has 4 nitrogen and oxygen atoms in total. The zero-order valence-corrected chi connectivity index (χ0v) is 17.3. The number of hydrogen-bond donors (Lipinski definition) is 0. The second-order valence-corrected chi connectivity index (χ2v) is 7.49. The van der Waals surface area contributed by atoms with Gasteiger partial charge in [0.15, 0.2) is 0 Å². The van der Waals surface area contributed by atoms with Crippen LogP contribution >= 0.6 is 0 Å². The average molecular weight is 433 g/mol. The van der Waals surface area contributed by atoms with Gasteiger partial charge in [0.25, 0.3) is 0 Å². The number of fused-ring (bicyclic) bond motifs is 3. The van der Waals surface area contributed by atoms with Gasteiger partial charge in [0.1, 0.15) is 17.1 Å². The van der Waals surface area contributed by atoms with E-state index in [0.29, 0.717) is 5.56 Å². The quantitative estimate of drug-likeness (QED) is 0.323. The third-order valence-corrected chi connectivity index (χ3v) is 5.53. The molecule has 0 fully saturated rings. The largest absolute Gasteiger partial charge is 0.497 e. The summed E-state index contributed by atoms with van der Waals surface area (Å²) in [6.45, 7) is 1.93. The van der Waals surface area contributed by atoms with Crippen molar-refractivity contribution in [3.05, 3.63) is 84.3 Å². The topological polar surface area (TPSA) is 39.9 Å². The summed E-state index contributed by atoms with van der Waals surface area (Å²) in [5.41, 5.74) is 4.19. The van der Waals surface area contributed by atoms with Crippen LogP contribution in [0.4, 0.5) is 13.2 Å². The Kier molecular flexibility index (Phi) is 4.62. The molecule has 7 heteroatoms. The number of pyridine rings is 1. The zero-order chi connectivity index (χ0) is 22.5. The highest BCUT2D eigenvalue weighted by Gasteiger charge is 2.30. The van der Waals surface area contributed by atoms with Gasteiger partial charge in [-0.1, -0.05) is 18.2 Å². The van der Waals surface area contributed by atoms with Crippen LogP contribution in [0.1, 0.15) is 11.4 Å². The molecule has 0 spiro atoms. The molecular weight excluding hydrogens is 415 g/mol. The standard InChI is InChI=1S/C25H18F3N3O/c1-15-30-23-14-29-22-12-5-17(16-3-6-18(7-4-16)25(26,27)28)13-21(22)24(23)31(15)19-8-10-20(32-2)11-9-19/h3-14H,1-2H3. The Bertz CT molecular complexity index is 1440. The van der Waals surface area contributed by atoms with Crippen LogP contribution < -0.4 is 4.74 Å². The fourth-order valence-electron chi connectivity index (χ4n) is 3.95. The van der Waals surface area contributed by atoms with Crippen LogP contribution in [-0.4, -0.2) is 21.6 Å². The molecule has 2 aromatic heterocycles. The highest BCUT2D eigenvalue weighted by molar-refractivity contribution is 6.04. The van der Waals surface area contributed by atoms with Crippen molar-refractivity contribution in [1.29, 1.82) is 0 Å². The Labute approximate surface area is 181 Å². The van der Waals surface area contributed by atoms with Gasteiger partial charge in [-0.25, -0.2) is 4.98 Å². The van der Waals surface area contributed by atoms with E-state index in [-0.39, 0.29) is 0 Å². The number of hydrogen-bond acceptors (Lipinski definition) is 3. The van der Waals surface area contributed by atoms with Gasteiger partial charge < -0.3 is 4.74 Å². The summed E-state index contributed by atoms with van der Waals surface area (Å²) in [7, 11) is 1.62. The Balaban J connectivity index is 1.70. The predicted molar refractivity (Wildman–Crippen MR) is 118 cm³/mol. The molecule has 0 atom stereocenters. The minimum absolute atomic E-state index is 0.667. The minimum Gasteiger partial charge on any atom is -0.497 e. The first-order chi connectivity index (χ1) is 15.3. The van der Waals surface area contributed by atoms with E-state index < -0.39 is 11.7 Å². The van der Waals surface area contributed by atoms with Crippen molar-refractivity contribution in [3.8, 4) is 22.6 Å². The van der Waals surface area contributed by atoms with E-state index in [1.807, 2.05) is 49.4 Å². The monoisotopic (exact) mass is 433 g/mol. The number of aromatic nitrogens is 3. The predicted octanol–water partition coefficient (Wildman–Crippen LogP) is 6.58. The van der Waals surface area contributed by atoms with Crippen LogP contribution in [0.2, 0.25) is 0 Å². The van der Waals surface area contributed by atoms with Crippen molar-refractivity contribution in [1.82, 2.24) is 14.5 Å². The molecule has 0 amide bonds. The van der Waals surface area contributed by atoms with E-state index in [9.17, 15) is 13.2 Å². The number of benzene rings is 3. The Morgan fingerprint density at radius 3 is 2.19 bits per heavy atom. The number of alkyl halides is 3. The molecule has 5 rings (SSSR count). The molecule has 3 aromatic carbocycles. The highest BCUT2D eigenvalue weighted by atomic mass is 19.4. The second kappa shape index (κ2) is 7.37. The molecule has 32 heavy (non-hydrogen) atoms. The van der Waals surface area contributed by atoms with Gasteiger partial charge in [0.05, 0.1) is 29.9 Å². The first kappa shape index (κ1) is 20.1. The molecular formula is C25H18F3N3O. The van der Waals surface area contributed by atoms with E-state index in [2.05, 4.69) is 14.5 Å². The maximum atomic E-state index is 12.9. The molecule has 0 aliphatic carbocycles. The summed E-state index contributed by atoms with van der Waals surface area (Å²) in [5, 5.41) is 0.872. The minimum atomic E-state index is -4.36. The highest BCUT2D eigenvalue weighted by Crippen LogP contribution is 2.34. The van der Waals surface area contributed by atoms with Gasteiger partial charge in [-0.3, -0.25) is 9.55 Å². The van der Waals surface area contributed by atoms with Crippen LogP contribution in [0.25, 0.3) is 38.8 Å². The van der Waals surface area contributed by atoms with Gasteiger partial charge in [-0.05, 0) is 66.6 Å². The Hall–Kier alpha value is -3.87. The number of halogens is 3. The molecule has 0 aliphatic heterocycles. The van der Waals surface area contributed by atoms with Gasteiger partial charge in [0, 0.05) is 11.1 Å². The Morgan fingerprint density at radius 2 is 1.53 bits per heavy atom. The molecule has 0 bridgehead atoms. The lowest BCUT2D eigenvalue weighted by atomic mass is 10.0. The lowest BCUT2D eigenvalue weighted by molar-refractivity contribution is -0.137. The molecule has 0 N–H and O–H groups in total. The number of nitrogens with zero attached hydrogens (tertiary/aromatic N) is 3. The lowest BCUT2D eigenvalue weighted by Crippen LogP contribution is -2.03. The summed E-state index contributed by atoms with van der Waals surface area (Å²) >= 11 is 0. The van der Waals surface area contributed by atoms with E-state index in [0.717, 1.165) is 56.9 Å². The normalized spacial score (nSPS) is 11.9. The van der Waals surface area contributed by atoms with Crippen LogP contribution in [0.15, 0.2) is 72.9 Å².